The highest BCUT2D eigenvalue weighted by atomic mass is 16.4. The fourth-order valence-electron chi connectivity index (χ4n) is 3.25. The number of allylic oxidation sites excluding steroid dienone is 2. The molecule has 0 saturated heterocycles. The number of hydrogen-bond donors (Lipinski definition) is 3. The first kappa shape index (κ1) is 22.5. The van der Waals surface area contributed by atoms with Crippen molar-refractivity contribution in [1.29, 1.82) is 0 Å². The number of aliphatic hydroxyl groups excluding tert-OH is 3. The molecule has 6 heteroatoms. The van der Waals surface area contributed by atoms with Crippen LogP contribution in [0.1, 0.15) is 57.8 Å². The first-order chi connectivity index (χ1) is 12.5. The number of aliphatic carboxylic acids is 1. The van der Waals surface area contributed by atoms with E-state index in [1.165, 1.54) is 0 Å². The van der Waals surface area contributed by atoms with Crippen LogP contribution in [0.4, 0.5) is 0 Å². The molecule has 0 amide bonds. The molecule has 1 aliphatic carbocycles. The van der Waals surface area contributed by atoms with Crippen LogP contribution in [-0.2, 0) is 9.59 Å². The summed E-state index contributed by atoms with van der Waals surface area (Å²) >= 11 is 0. The second-order valence-corrected chi connectivity index (χ2v) is 6.92. The lowest BCUT2D eigenvalue weighted by Crippen LogP contribution is -2.21. The van der Waals surface area contributed by atoms with Crippen LogP contribution >= 0.6 is 0 Å². The zero-order chi connectivity index (χ0) is 19.4. The molecule has 0 radical (unpaired) electrons. The van der Waals surface area contributed by atoms with E-state index in [1.807, 2.05) is 12.2 Å². The summed E-state index contributed by atoms with van der Waals surface area (Å²) in [6, 6.07) is 0. The third-order valence-electron chi connectivity index (χ3n) is 4.75. The molecule has 1 aliphatic rings. The summed E-state index contributed by atoms with van der Waals surface area (Å²) in [5.74, 6) is -1.65. The fraction of sp³-hybridized carbons (Fsp3) is 0.700. The lowest BCUT2D eigenvalue weighted by atomic mass is 9.90. The zero-order valence-electron chi connectivity index (χ0n) is 15.3. The van der Waals surface area contributed by atoms with Crippen molar-refractivity contribution < 1.29 is 30.0 Å². The predicted octanol–water partition coefficient (Wildman–Crippen LogP) is 0.889. The van der Waals surface area contributed by atoms with Gasteiger partial charge in [0.2, 0.25) is 0 Å². The number of rotatable bonds is 13. The number of aliphatic hydroxyl groups is 3. The molecule has 0 unspecified atom stereocenters. The molecule has 148 valence electrons. The van der Waals surface area contributed by atoms with E-state index >= 15 is 0 Å². The van der Waals surface area contributed by atoms with Crippen molar-refractivity contribution in [2.75, 3.05) is 6.61 Å². The molecule has 0 aliphatic heterocycles. The molecule has 0 aromatic heterocycles. The molecule has 1 saturated carbocycles. The van der Waals surface area contributed by atoms with Gasteiger partial charge in [0.05, 0.1) is 12.2 Å². The summed E-state index contributed by atoms with van der Waals surface area (Å²) in [5.41, 5.74) is 0. The normalized spacial score (nSPS) is 24.7. The minimum absolute atomic E-state index is 0.0176. The van der Waals surface area contributed by atoms with Crippen molar-refractivity contribution >= 4 is 11.8 Å². The van der Waals surface area contributed by atoms with Gasteiger partial charge in [-0.05, 0) is 38.5 Å². The van der Waals surface area contributed by atoms with Crippen molar-refractivity contribution in [1.82, 2.24) is 0 Å². The van der Waals surface area contributed by atoms with E-state index in [2.05, 4.69) is 0 Å². The predicted molar refractivity (Wildman–Crippen MR) is 95.9 cm³/mol. The number of ketones is 1. The maximum Gasteiger partial charge on any atom is 0.139 e. The van der Waals surface area contributed by atoms with Gasteiger partial charge in [0.1, 0.15) is 5.78 Å². The molecule has 0 heterocycles. The third-order valence-corrected chi connectivity index (χ3v) is 4.75. The van der Waals surface area contributed by atoms with Crippen LogP contribution in [0.3, 0.4) is 0 Å². The summed E-state index contributed by atoms with van der Waals surface area (Å²) in [6.45, 7) is 0.157. The topological polar surface area (TPSA) is 118 Å². The van der Waals surface area contributed by atoms with E-state index in [4.69, 9.17) is 5.11 Å². The van der Waals surface area contributed by atoms with Gasteiger partial charge in [-0.3, -0.25) is 4.79 Å². The maximum absolute atomic E-state index is 12.1. The van der Waals surface area contributed by atoms with Crippen molar-refractivity contribution in [2.45, 2.75) is 70.0 Å². The van der Waals surface area contributed by atoms with E-state index in [1.54, 1.807) is 12.2 Å². The molecule has 4 atom stereocenters. The fourth-order valence-corrected chi connectivity index (χ4v) is 3.25. The Morgan fingerprint density at radius 2 is 2.00 bits per heavy atom. The van der Waals surface area contributed by atoms with Crippen molar-refractivity contribution in [2.24, 2.45) is 11.8 Å². The van der Waals surface area contributed by atoms with Gasteiger partial charge in [-0.25, -0.2) is 0 Å². The summed E-state index contributed by atoms with van der Waals surface area (Å²) in [7, 11) is 0. The van der Waals surface area contributed by atoms with E-state index in [-0.39, 0.29) is 37.1 Å². The van der Waals surface area contributed by atoms with Gasteiger partial charge in [-0.15, -0.1) is 0 Å². The SMILES string of the molecule is O=C([O-])CCC/C=C\C[C@H]1C(=O)C[C@@H](O)[C@@H]1/C=C/[C@@H](O)CCCCCO. The first-order valence-electron chi connectivity index (χ1n) is 9.48. The first-order valence-corrected chi connectivity index (χ1v) is 9.48. The molecular weight excluding hydrogens is 336 g/mol. The Hall–Kier alpha value is -1.50. The largest absolute Gasteiger partial charge is 0.550 e. The molecule has 1 fully saturated rings. The Morgan fingerprint density at radius 3 is 2.69 bits per heavy atom. The molecule has 0 spiro atoms. The molecular formula is C20H31O6-. The minimum atomic E-state index is -1.06. The van der Waals surface area contributed by atoms with Gasteiger partial charge in [0, 0.05) is 30.8 Å². The van der Waals surface area contributed by atoms with Gasteiger partial charge < -0.3 is 25.2 Å². The number of carboxylic acid groups (broad SMARTS) is 1. The Bertz CT molecular complexity index is 485. The quantitative estimate of drug-likeness (QED) is 0.329. The van der Waals surface area contributed by atoms with Crippen LogP contribution < -0.4 is 5.11 Å². The number of unbranched alkanes of at least 4 members (excludes halogenated alkanes) is 3. The second kappa shape index (κ2) is 12.8. The Balaban J connectivity index is 2.45. The second-order valence-electron chi connectivity index (χ2n) is 6.92. The summed E-state index contributed by atoms with van der Waals surface area (Å²) in [5, 5.41) is 39.2. The Kier molecular flexibility index (Phi) is 11.1. The van der Waals surface area contributed by atoms with Gasteiger partial charge in [0.25, 0.3) is 0 Å². The summed E-state index contributed by atoms with van der Waals surface area (Å²) in [6.07, 6.45) is 10.6. The van der Waals surface area contributed by atoms with E-state index in [0.717, 1.165) is 19.3 Å². The van der Waals surface area contributed by atoms with Crippen LogP contribution in [0, 0.1) is 11.8 Å². The third kappa shape index (κ3) is 8.74. The van der Waals surface area contributed by atoms with Gasteiger partial charge in [-0.1, -0.05) is 37.1 Å². The van der Waals surface area contributed by atoms with Crippen LogP contribution in [0.25, 0.3) is 0 Å². The molecule has 0 bridgehead atoms. The van der Waals surface area contributed by atoms with Gasteiger partial charge >= 0.3 is 0 Å². The Morgan fingerprint density at radius 1 is 1.23 bits per heavy atom. The van der Waals surface area contributed by atoms with Crippen LogP contribution in [-0.4, -0.2) is 45.9 Å². The van der Waals surface area contributed by atoms with Crippen LogP contribution in [0.5, 0.6) is 0 Å². The van der Waals surface area contributed by atoms with Crippen LogP contribution in [0.2, 0.25) is 0 Å². The van der Waals surface area contributed by atoms with Crippen molar-refractivity contribution in [3.63, 3.8) is 0 Å². The highest BCUT2D eigenvalue weighted by Crippen LogP contribution is 2.33. The van der Waals surface area contributed by atoms with E-state index in [0.29, 0.717) is 25.7 Å². The summed E-state index contributed by atoms with van der Waals surface area (Å²) in [4.78, 5) is 22.4. The summed E-state index contributed by atoms with van der Waals surface area (Å²) < 4.78 is 0. The molecule has 3 N–H and O–H groups in total. The van der Waals surface area contributed by atoms with Crippen LogP contribution in [0.15, 0.2) is 24.3 Å². The number of carboxylic acids is 1. The lowest BCUT2D eigenvalue weighted by molar-refractivity contribution is -0.305. The Labute approximate surface area is 155 Å². The van der Waals surface area contributed by atoms with E-state index in [9.17, 15) is 24.9 Å². The standard InChI is InChI=1S/C20H32O6/c21-13-7-3-4-8-15(22)11-12-17-16(18(23)14-19(17)24)9-5-1-2-6-10-20(25)26/h1,5,11-12,15-17,19,21-22,24H,2-4,6-10,13-14H2,(H,25,26)/p-1/b5-1-,12-11+/t15-,16+,17+,19+/m0/s1. The van der Waals surface area contributed by atoms with Crippen molar-refractivity contribution in [3.8, 4) is 0 Å². The number of hydrogen-bond acceptors (Lipinski definition) is 6. The lowest BCUT2D eigenvalue weighted by Gasteiger charge is -2.16. The maximum atomic E-state index is 12.1. The minimum Gasteiger partial charge on any atom is -0.550 e. The highest BCUT2D eigenvalue weighted by Gasteiger charge is 2.39. The van der Waals surface area contributed by atoms with E-state index < -0.39 is 18.2 Å². The highest BCUT2D eigenvalue weighted by molar-refractivity contribution is 5.84. The molecule has 0 aromatic carbocycles. The van der Waals surface area contributed by atoms with Crippen molar-refractivity contribution in [3.05, 3.63) is 24.3 Å². The van der Waals surface area contributed by atoms with Gasteiger partial charge in [-0.2, -0.15) is 0 Å². The monoisotopic (exact) mass is 367 g/mol. The number of Topliss-reactive ketones (excluding diaryl/α,β-unsaturated/α-hetero) is 1. The smallest absolute Gasteiger partial charge is 0.139 e. The number of carbonyl (C=O) groups excluding carboxylic acids is 2. The molecule has 6 nitrogen and oxygen atoms in total. The number of carbonyl (C=O) groups is 2. The average molecular weight is 367 g/mol. The molecule has 1 rings (SSSR count). The average Bonchev–Trinajstić information content (AvgIpc) is 2.85. The van der Waals surface area contributed by atoms with Gasteiger partial charge in [0.15, 0.2) is 0 Å². The molecule has 26 heavy (non-hydrogen) atoms. The molecule has 0 aromatic rings. The zero-order valence-corrected chi connectivity index (χ0v) is 15.3.